The minimum Gasteiger partial charge on any atom is -0.197 e. The van der Waals surface area contributed by atoms with E-state index in [1.165, 1.54) is 10.4 Å². The number of nitriles is 1. The summed E-state index contributed by atoms with van der Waals surface area (Å²) in [6.07, 6.45) is 0. The van der Waals surface area contributed by atoms with Crippen LogP contribution in [0.3, 0.4) is 0 Å². The summed E-state index contributed by atoms with van der Waals surface area (Å²) in [4.78, 5) is 1.18. The Morgan fingerprint density at radius 3 is 2.55 bits per heavy atom. The molecule has 0 fully saturated rings. The average Bonchev–Trinajstić information content (AvgIpc) is 2.36. The van der Waals surface area contributed by atoms with E-state index in [0.717, 1.165) is 0 Å². The molecule has 1 heterocycles. The summed E-state index contributed by atoms with van der Waals surface area (Å²) in [6, 6.07) is 4.35. The quantitative estimate of drug-likeness (QED) is 0.627. The second-order valence-electron chi connectivity index (χ2n) is 3.17. The predicted octanol–water partition coefficient (Wildman–Crippen LogP) is 2.86. The van der Waals surface area contributed by atoms with Gasteiger partial charge in [0.25, 0.3) is 0 Å². The first-order valence-electron chi connectivity index (χ1n) is 3.54. The Kier molecular flexibility index (Phi) is 2.01. The highest BCUT2D eigenvalue weighted by molar-refractivity contribution is 7.10. The normalized spacial score (nSPS) is 11.1. The molecule has 2 heteroatoms. The maximum absolute atomic E-state index is 8.85. The molecule has 0 aliphatic rings. The molecule has 1 nitrogen and oxygen atoms in total. The average molecular weight is 165 g/mol. The van der Waals surface area contributed by atoms with Crippen LogP contribution >= 0.6 is 11.3 Å². The monoisotopic (exact) mass is 165 g/mol. The molecule has 0 atom stereocenters. The molecular formula is C9H11NS. The van der Waals surface area contributed by atoms with Gasteiger partial charge < -0.3 is 0 Å². The first-order chi connectivity index (χ1) is 5.08. The lowest BCUT2D eigenvalue weighted by molar-refractivity contribution is 0.698. The summed E-state index contributed by atoms with van der Waals surface area (Å²) in [7, 11) is 0. The molecule has 0 aliphatic heterocycles. The second kappa shape index (κ2) is 2.67. The van der Waals surface area contributed by atoms with Gasteiger partial charge in [-0.05, 0) is 37.8 Å². The number of thiophene rings is 1. The molecule has 0 spiro atoms. The highest BCUT2D eigenvalue weighted by Gasteiger charge is 2.22. The van der Waals surface area contributed by atoms with Crippen molar-refractivity contribution in [3.05, 3.63) is 21.9 Å². The van der Waals surface area contributed by atoms with Gasteiger partial charge in [-0.25, -0.2) is 0 Å². The summed E-state index contributed by atoms with van der Waals surface area (Å²) in [5.74, 6) is 0. The summed E-state index contributed by atoms with van der Waals surface area (Å²) in [5, 5.41) is 10.9. The van der Waals surface area contributed by atoms with Crippen molar-refractivity contribution in [2.24, 2.45) is 0 Å². The van der Waals surface area contributed by atoms with E-state index in [2.05, 4.69) is 12.1 Å². The molecule has 0 saturated heterocycles. The van der Waals surface area contributed by atoms with E-state index in [9.17, 15) is 0 Å². The molecule has 1 aromatic heterocycles. The molecule has 0 N–H and O–H groups in total. The van der Waals surface area contributed by atoms with Crippen LogP contribution in [0.1, 0.15) is 24.3 Å². The lowest BCUT2D eigenvalue weighted by Gasteiger charge is -2.13. The SMILES string of the molecule is Cc1ccsc1C(C)(C)C#N. The van der Waals surface area contributed by atoms with Crippen LogP contribution in [0.4, 0.5) is 0 Å². The predicted molar refractivity (Wildman–Crippen MR) is 47.7 cm³/mol. The Morgan fingerprint density at radius 2 is 2.18 bits per heavy atom. The van der Waals surface area contributed by atoms with Crippen LogP contribution in [0.15, 0.2) is 11.4 Å². The third-order valence-electron chi connectivity index (χ3n) is 1.71. The molecule has 0 saturated carbocycles. The van der Waals surface area contributed by atoms with Gasteiger partial charge in [-0.1, -0.05) is 0 Å². The van der Waals surface area contributed by atoms with Gasteiger partial charge in [-0.2, -0.15) is 5.26 Å². The molecular weight excluding hydrogens is 154 g/mol. The van der Waals surface area contributed by atoms with Crippen molar-refractivity contribution in [2.45, 2.75) is 26.2 Å². The Balaban J connectivity index is 3.13. The van der Waals surface area contributed by atoms with Crippen LogP contribution in [0.5, 0.6) is 0 Å². The Hall–Kier alpha value is -0.810. The number of hydrogen-bond acceptors (Lipinski definition) is 2. The topological polar surface area (TPSA) is 23.8 Å². The summed E-state index contributed by atoms with van der Waals surface area (Å²) >= 11 is 1.66. The van der Waals surface area contributed by atoms with Gasteiger partial charge >= 0.3 is 0 Å². The molecule has 0 radical (unpaired) electrons. The highest BCUT2D eigenvalue weighted by Crippen LogP contribution is 2.29. The summed E-state index contributed by atoms with van der Waals surface area (Å²) in [5.41, 5.74) is 0.902. The minimum absolute atomic E-state index is 0.321. The molecule has 1 aromatic rings. The lowest BCUT2D eigenvalue weighted by atomic mass is 9.91. The molecule has 0 bridgehead atoms. The molecule has 0 aromatic carbocycles. The number of nitrogens with zero attached hydrogens (tertiary/aromatic N) is 1. The Labute approximate surface area is 71.3 Å². The molecule has 11 heavy (non-hydrogen) atoms. The van der Waals surface area contributed by atoms with Crippen LogP contribution in [0.25, 0.3) is 0 Å². The fourth-order valence-corrected chi connectivity index (χ4v) is 2.07. The molecule has 0 amide bonds. The molecule has 58 valence electrons. The summed E-state index contributed by atoms with van der Waals surface area (Å²) in [6.45, 7) is 5.95. The second-order valence-corrected chi connectivity index (χ2v) is 4.09. The number of aryl methyl sites for hydroxylation is 1. The molecule has 0 unspecified atom stereocenters. The minimum atomic E-state index is -0.321. The van der Waals surface area contributed by atoms with Crippen LogP contribution in [0.2, 0.25) is 0 Å². The van der Waals surface area contributed by atoms with Crippen LogP contribution in [-0.4, -0.2) is 0 Å². The van der Waals surface area contributed by atoms with Gasteiger partial charge in [0.1, 0.15) is 0 Å². The van der Waals surface area contributed by atoms with Crippen LogP contribution < -0.4 is 0 Å². The zero-order chi connectivity index (χ0) is 8.48. The van der Waals surface area contributed by atoms with Gasteiger partial charge in [0, 0.05) is 4.88 Å². The van der Waals surface area contributed by atoms with E-state index in [0.29, 0.717) is 0 Å². The van der Waals surface area contributed by atoms with Gasteiger partial charge in [0.15, 0.2) is 0 Å². The van der Waals surface area contributed by atoms with E-state index >= 15 is 0 Å². The van der Waals surface area contributed by atoms with E-state index < -0.39 is 0 Å². The third kappa shape index (κ3) is 1.44. The molecule has 1 rings (SSSR count). The maximum Gasteiger partial charge on any atom is 0.0861 e. The van der Waals surface area contributed by atoms with E-state index in [4.69, 9.17) is 5.26 Å². The van der Waals surface area contributed by atoms with Crippen molar-refractivity contribution >= 4 is 11.3 Å². The largest absolute Gasteiger partial charge is 0.197 e. The summed E-state index contributed by atoms with van der Waals surface area (Å²) < 4.78 is 0. The van der Waals surface area contributed by atoms with Gasteiger partial charge in [-0.15, -0.1) is 11.3 Å². The number of rotatable bonds is 1. The van der Waals surface area contributed by atoms with E-state index in [1.807, 2.05) is 26.2 Å². The fraction of sp³-hybridized carbons (Fsp3) is 0.444. The fourth-order valence-electron chi connectivity index (χ4n) is 1.06. The first kappa shape index (κ1) is 8.29. The van der Waals surface area contributed by atoms with E-state index in [-0.39, 0.29) is 5.41 Å². The Morgan fingerprint density at radius 1 is 1.55 bits per heavy atom. The van der Waals surface area contributed by atoms with Crippen molar-refractivity contribution in [2.75, 3.05) is 0 Å². The standard InChI is InChI=1S/C9H11NS/c1-7-4-5-11-8(7)9(2,3)6-10/h4-5H,1-3H3. The van der Waals surface area contributed by atoms with Crippen molar-refractivity contribution in [3.63, 3.8) is 0 Å². The third-order valence-corrected chi connectivity index (χ3v) is 3.05. The maximum atomic E-state index is 8.85. The lowest BCUT2D eigenvalue weighted by Crippen LogP contribution is -2.12. The first-order valence-corrected chi connectivity index (χ1v) is 4.42. The van der Waals surface area contributed by atoms with Crippen LogP contribution in [0, 0.1) is 18.3 Å². The molecule has 0 aliphatic carbocycles. The highest BCUT2D eigenvalue weighted by atomic mass is 32.1. The zero-order valence-electron chi connectivity index (χ0n) is 7.01. The van der Waals surface area contributed by atoms with Gasteiger partial charge in [0.2, 0.25) is 0 Å². The zero-order valence-corrected chi connectivity index (χ0v) is 7.83. The smallest absolute Gasteiger partial charge is 0.0861 e. The van der Waals surface area contributed by atoms with Gasteiger partial charge in [-0.3, -0.25) is 0 Å². The van der Waals surface area contributed by atoms with Gasteiger partial charge in [0.05, 0.1) is 11.5 Å². The van der Waals surface area contributed by atoms with Crippen molar-refractivity contribution in [1.82, 2.24) is 0 Å². The van der Waals surface area contributed by atoms with Crippen LogP contribution in [-0.2, 0) is 5.41 Å². The Bertz CT molecular complexity index is 291. The van der Waals surface area contributed by atoms with Crippen molar-refractivity contribution in [3.8, 4) is 6.07 Å². The van der Waals surface area contributed by atoms with E-state index in [1.54, 1.807) is 11.3 Å². The van der Waals surface area contributed by atoms with Crippen molar-refractivity contribution < 1.29 is 0 Å². The van der Waals surface area contributed by atoms with Crippen molar-refractivity contribution in [1.29, 1.82) is 5.26 Å². The number of hydrogen-bond donors (Lipinski definition) is 0.